The van der Waals surface area contributed by atoms with Crippen molar-refractivity contribution in [2.45, 2.75) is 26.2 Å². The fourth-order valence-electron chi connectivity index (χ4n) is 1.03. The maximum atomic E-state index is 11.3. The minimum absolute atomic E-state index is 0.0560. The van der Waals surface area contributed by atoms with Gasteiger partial charge in [-0.1, -0.05) is 13.3 Å². The summed E-state index contributed by atoms with van der Waals surface area (Å²) in [5.74, 6) is 1.71. The molecule has 4 nitrogen and oxygen atoms in total. The molecule has 0 saturated heterocycles. The van der Waals surface area contributed by atoms with Gasteiger partial charge >= 0.3 is 0 Å². The lowest BCUT2D eigenvalue weighted by Crippen LogP contribution is -2.27. The van der Waals surface area contributed by atoms with Crippen LogP contribution >= 0.6 is 11.8 Å². The summed E-state index contributed by atoms with van der Waals surface area (Å²) in [5.41, 5.74) is 0. The van der Waals surface area contributed by atoms with Crippen LogP contribution in [0.2, 0.25) is 0 Å². The molecule has 0 fully saturated rings. The molecule has 0 saturated carbocycles. The van der Waals surface area contributed by atoms with Gasteiger partial charge in [-0.2, -0.15) is 11.8 Å². The third-order valence-electron chi connectivity index (χ3n) is 1.90. The Morgan fingerprint density at radius 1 is 1.38 bits per heavy atom. The smallest absolute Gasteiger partial charge is 0.229 e. The van der Waals surface area contributed by atoms with E-state index in [0.29, 0.717) is 25.5 Å². The van der Waals surface area contributed by atoms with Crippen LogP contribution in [0.25, 0.3) is 0 Å². The van der Waals surface area contributed by atoms with Gasteiger partial charge in [-0.05, 0) is 18.6 Å². The van der Waals surface area contributed by atoms with Gasteiger partial charge in [0.25, 0.3) is 0 Å². The first-order valence-corrected chi connectivity index (χ1v) is 6.99. The molecular formula is C11H23NO3S. The molecule has 5 heteroatoms. The zero-order valence-corrected chi connectivity index (χ0v) is 10.9. The molecule has 0 heterocycles. The molecule has 0 aromatic carbocycles. The normalized spacial score (nSPS) is 10.4. The summed E-state index contributed by atoms with van der Waals surface area (Å²) in [4.78, 5) is 11.3. The van der Waals surface area contributed by atoms with E-state index in [0.717, 1.165) is 12.2 Å². The Kier molecular flexibility index (Phi) is 12.6. The lowest BCUT2D eigenvalue weighted by Gasteiger charge is -2.05. The predicted octanol–water partition coefficient (Wildman–Crippen LogP) is 1.03. The summed E-state index contributed by atoms with van der Waals surface area (Å²) in [5, 5.41) is 11.3. The Hall–Kier alpha value is -0.260. The molecule has 1 amide bonds. The third kappa shape index (κ3) is 11.8. The van der Waals surface area contributed by atoms with Crippen molar-refractivity contribution in [1.29, 1.82) is 0 Å². The second-order valence-electron chi connectivity index (χ2n) is 3.45. The summed E-state index contributed by atoms with van der Waals surface area (Å²) >= 11 is 1.68. The largest absolute Gasteiger partial charge is 0.394 e. The van der Waals surface area contributed by atoms with Crippen molar-refractivity contribution in [3.63, 3.8) is 0 Å². The Labute approximate surface area is 102 Å². The molecule has 0 radical (unpaired) electrons. The monoisotopic (exact) mass is 249 g/mol. The van der Waals surface area contributed by atoms with E-state index in [4.69, 9.17) is 9.84 Å². The van der Waals surface area contributed by atoms with Crippen LogP contribution in [0, 0.1) is 0 Å². The fourth-order valence-corrected chi connectivity index (χ4v) is 1.96. The summed E-state index contributed by atoms with van der Waals surface area (Å²) in [6.45, 7) is 3.82. The third-order valence-corrected chi connectivity index (χ3v) is 2.94. The van der Waals surface area contributed by atoms with Gasteiger partial charge in [-0.15, -0.1) is 0 Å². The lowest BCUT2D eigenvalue weighted by atomic mass is 10.4. The first kappa shape index (κ1) is 15.7. The predicted molar refractivity (Wildman–Crippen MR) is 67.8 cm³/mol. The van der Waals surface area contributed by atoms with Crippen molar-refractivity contribution in [2.75, 3.05) is 37.9 Å². The zero-order valence-electron chi connectivity index (χ0n) is 10.0. The molecule has 0 aromatic heterocycles. The number of carbonyl (C=O) groups excluding carboxylic acids is 1. The van der Waals surface area contributed by atoms with Crippen LogP contribution in [-0.4, -0.2) is 48.9 Å². The second kappa shape index (κ2) is 12.8. The summed E-state index contributed by atoms with van der Waals surface area (Å²) in [6.07, 6.45) is 3.15. The van der Waals surface area contributed by atoms with E-state index in [2.05, 4.69) is 12.2 Å². The highest BCUT2D eigenvalue weighted by Crippen LogP contribution is 2.03. The van der Waals surface area contributed by atoms with Crippen molar-refractivity contribution < 1.29 is 14.6 Å². The van der Waals surface area contributed by atoms with Gasteiger partial charge < -0.3 is 15.2 Å². The number of thioether (sulfide) groups is 1. The molecule has 0 bridgehead atoms. The zero-order chi connectivity index (χ0) is 12.1. The number of ether oxygens (including phenoxy) is 1. The fraction of sp³-hybridized carbons (Fsp3) is 0.909. The summed E-state index contributed by atoms with van der Waals surface area (Å²) in [6, 6.07) is 0. The molecule has 0 aliphatic carbocycles. The van der Waals surface area contributed by atoms with Gasteiger partial charge in [0.05, 0.1) is 19.0 Å². The topological polar surface area (TPSA) is 58.6 Å². The number of hydrogen-bond donors (Lipinski definition) is 2. The van der Waals surface area contributed by atoms with Crippen LogP contribution in [0.3, 0.4) is 0 Å². The maximum absolute atomic E-state index is 11.3. The number of aliphatic hydroxyl groups is 1. The minimum Gasteiger partial charge on any atom is -0.394 e. The molecule has 16 heavy (non-hydrogen) atoms. The van der Waals surface area contributed by atoms with Crippen LogP contribution in [0.15, 0.2) is 0 Å². The average Bonchev–Trinajstić information content (AvgIpc) is 2.29. The molecule has 0 aromatic rings. The van der Waals surface area contributed by atoms with E-state index >= 15 is 0 Å². The Bertz CT molecular complexity index is 167. The van der Waals surface area contributed by atoms with E-state index in [-0.39, 0.29) is 12.5 Å². The van der Waals surface area contributed by atoms with E-state index < -0.39 is 0 Å². The number of unbranched alkanes of at least 4 members (excludes halogenated alkanes) is 1. The Balaban J connectivity index is 3.11. The summed E-state index contributed by atoms with van der Waals surface area (Å²) in [7, 11) is 0. The van der Waals surface area contributed by atoms with Crippen LogP contribution in [-0.2, 0) is 9.53 Å². The highest BCUT2D eigenvalue weighted by atomic mass is 32.2. The number of carbonyl (C=O) groups is 1. The highest BCUT2D eigenvalue weighted by molar-refractivity contribution is 7.99. The molecule has 0 spiro atoms. The molecule has 0 rings (SSSR count). The van der Waals surface area contributed by atoms with E-state index in [9.17, 15) is 4.79 Å². The average molecular weight is 249 g/mol. The van der Waals surface area contributed by atoms with Crippen LogP contribution in [0.5, 0.6) is 0 Å². The van der Waals surface area contributed by atoms with Crippen molar-refractivity contribution in [2.24, 2.45) is 0 Å². The first-order valence-electron chi connectivity index (χ1n) is 5.84. The second-order valence-corrected chi connectivity index (χ2v) is 4.55. The quantitative estimate of drug-likeness (QED) is 0.537. The number of amides is 1. The standard InChI is InChI=1S/C11H23NO3S/c1-2-3-9-16-10-11(14)12-5-4-7-15-8-6-13/h13H,2-10H2,1H3,(H,12,14). The molecular weight excluding hydrogens is 226 g/mol. The SMILES string of the molecule is CCCCSCC(=O)NCCCOCCO. The molecule has 0 aliphatic heterocycles. The van der Waals surface area contributed by atoms with Gasteiger partial charge in [0.15, 0.2) is 0 Å². The molecule has 0 aliphatic rings. The van der Waals surface area contributed by atoms with E-state index in [1.54, 1.807) is 11.8 Å². The lowest BCUT2D eigenvalue weighted by molar-refractivity contribution is -0.118. The molecule has 96 valence electrons. The molecule has 2 N–H and O–H groups in total. The van der Waals surface area contributed by atoms with Crippen molar-refractivity contribution >= 4 is 17.7 Å². The van der Waals surface area contributed by atoms with Gasteiger partial charge in [0, 0.05) is 13.2 Å². The van der Waals surface area contributed by atoms with Crippen LogP contribution in [0.1, 0.15) is 26.2 Å². The van der Waals surface area contributed by atoms with Crippen LogP contribution in [0.4, 0.5) is 0 Å². The van der Waals surface area contributed by atoms with E-state index in [1.165, 1.54) is 12.8 Å². The van der Waals surface area contributed by atoms with Crippen molar-refractivity contribution in [1.82, 2.24) is 5.32 Å². The van der Waals surface area contributed by atoms with Gasteiger partial charge in [-0.25, -0.2) is 0 Å². The molecule has 0 atom stereocenters. The minimum atomic E-state index is 0.0560. The number of aliphatic hydroxyl groups excluding tert-OH is 1. The molecule has 0 unspecified atom stereocenters. The maximum Gasteiger partial charge on any atom is 0.229 e. The van der Waals surface area contributed by atoms with Crippen molar-refractivity contribution in [3.05, 3.63) is 0 Å². The first-order chi connectivity index (χ1) is 7.81. The summed E-state index contributed by atoms with van der Waals surface area (Å²) < 4.78 is 5.07. The van der Waals surface area contributed by atoms with Gasteiger partial charge in [-0.3, -0.25) is 4.79 Å². The van der Waals surface area contributed by atoms with Gasteiger partial charge in [0.1, 0.15) is 0 Å². The van der Waals surface area contributed by atoms with Crippen LogP contribution < -0.4 is 5.32 Å². The Morgan fingerprint density at radius 3 is 2.88 bits per heavy atom. The highest BCUT2D eigenvalue weighted by Gasteiger charge is 1.99. The number of nitrogens with one attached hydrogen (secondary N) is 1. The van der Waals surface area contributed by atoms with Gasteiger partial charge in [0.2, 0.25) is 5.91 Å². The van der Waals surface area contributed by atoms with Crippen molar-refractivity contribution in [3.8, 4) is 0 Å². The Morgan fingerprint density at radius 2 is 2.19 bits per heavy atom. The van der Waals surface area contributed by atoms with E-state index in [1.807, 2.05) is 0 Å². The number of rotatable bonds is 11. The number of hydrogen-bond acceptors (Lipinski definition) is 4.